The van der Waals surface area contributed by atoms with Crippen LogP contribution in [0.5, 0.6) is 0 Å². The van der Waals surface area contributed by atoms with E-state index in [1.165, 1.54) is 36.4 Å². The van der Waals surface area contributed by atoms with Crippen molar-refractivity contribution in [1.29, 1.82) is 5.41 Å². The second-order valence-corrected chi connectivity index (χ2v) is 7.39. The lowest BCUT2D eigenvalue weighted by Crippen LogP contribution is -2.36. The third-order valence-electron chi connectivity index (χ3n) is 3.46. The van der Waals surface area contributed by atoms with Crippen molar-refractivity contribution in [3.8, 4) is 0 Å². The van der Waals surface area contributed by atoms with Crippen LogP contribution in [-0.4, -0.2) is 28.4 Å². The summed E-state index contributed by atoms with van der Waals surface area (Å²) in [4.78, 5) is 34.6. The van der Waals surface area contributed by atoms with Crippen molar-refractivity contribution in [2.75, 3.05) is 5.32 Å². The number of hydrogen-bond donors (Lipinski definition) is 3. The second kappa shape index (κ2) is 8.70. The summed E-state index contributed by atoms with van der Waals surface area (Å²) in [5, 5.41) is 24.1. The van der Waals surface area contributed by atoms with Gasteiger partial charge in [-0.05, 0) is 57.2 Å². The standard InChI is InChI=1S/C19H19ClN4O5/c1-19(2,3)29-18(26)23-16(21)11-4-7-13(8-5-11)22-17(25)14-10-12(20)6-9-15(14)24(27)28/h4-10H,1-3H3,(H,22,25)(H2,21,23,26). The maximum absolute atomic E-state index is 12.4. The minimum absolute atomic E-state index is 0.175. The molecule has 29 heavy (non-hydrogen) atoms. The molecule has 2 rings (SSSR count). The van der Waals surface area contributed by atoms with Gasteiger partial charge in [0.15, 0.2) is 0 Å². The Morgan fingerprint density at radius 1 is 1.14 bits per heavy atom. The number of ether oxygens (including phenoxy) is 1. The van der Waals surface area contributed by atoms with Crippen molar-refractivity contribution in [2.24, 2.45) is 0 Å². The number of anilines is 1. The van der Waals surface area contributed by atoms with Gasteiger partial charge in [0.05, 0.1) is 4.92 Å². The van der Waals surface area contributed by atoms with E-state index in [1.54, 1.807) is 20.8 Å². The molecule has 0 atom stereocenters. The van der Waals surface area contributed by atoms with E-state index >= 15 is 0 Å². The first-order chi connectivity index (χ1) is 13.5. The molecular weight excluding hydrogens is 400 g/mol. The smallest absolute Gasteiger partial charge is 0.413 e. The fourth-order valence-electron chi connectivity index (χ4n) is 2.25. The molecule has 2 amide bonds. The van der Waals surface area contributed by atoms with Gasteiger partial charge in [0, 0.05) is 22.3 Å². The fourth-order valence-corrected chi connectivity index (χ4v) is 2.42. The fraction of sp³-hybridized carbons (Fsp3) is 0.211. The number of hydrogen-bond acceptors (Lipinski definition) is 6. The Hall–Kier alpha value is -3.46. The minimum Gasteiger partial charge on any atom is -0.444 e. The molecule has 0 unspecified atom stereocenters. The van der Waals surface area contributed by atoms with E-state index < -0.39 is 22.5 Å². The maximum atomic E-state index is 12.4. The number of nitrogens with zero attached hydrogens (tertiary/aromatic N) is 1. The third-order valence-corrected chi connectivity index (χ3v) is 3.69. The molecule has 0 aliphatic heterocycles. The van der Waals surface area contributed by atoms with Gasteiger partial charge in [0.25, 0.3) is 11.6 Å². The molecule has 0 aliphatic rings. The molecule has 3 N–H and O–H groups in total. The van der Waals surface area contributed by atoms with Crippen LogP contribution in [-0.2, 0) is 4.74 Å². The van der Waals surface area contributed by atoms with Gasteiger partial charge < -0.3 is 10.1 Å². The van der Waals surface area contributed by atoms with Gasteiger partial charge >= 0.3 is 6.09 Å². The Bertz CT molecular complexity index is 968. The van der Waals surface area contributed by atoms with Gasteiger partial charge in [-0.1, -0.05) is 11.6 Å². The molecule has 0 heterocycles. The van der Waals surface area contributed by atoms with Crippen LogP contribution >= 0.6 is 11.6 Å². The van der Waals surface area contributed by atoms with E-state index in [-0.39, 0.29) is 22.1 Å². The van der Waals surface area contributed by atoms with Gasteiger partial charge in [-0.25, -0.2) is 4.79 Å². The van der Waals surface area contributed by atoms with Gasteiger partial charge in [-0.15, -0.1) is 0 Å². The highest BCUT2D eigenvalue weighted by atomic mass is 35.5. The van der Waals surface area contributed by atoms with Crippen molar-refractivity contribution in [3.63, 3.8) is 0 Å². The lowest BCUT2D eigenvalue weighted by molar-refractivity contribution is -0.385. The molecule has 0 aliphatic carbocycles. The first-order valence-corrected chi connectivity index (χ1v) is 8.78. The summed E-state index contributed by atoms with van der Waals surface area (Å²) in [7, 11) is 0. The van der Waals surface area contributed by atoms with Crippen LogP contribution in [0.3, 0.4) is 0 Å². The highest BCUT2D eigenvalue weighted by Gasteiger charge is 2.21. The maximum Gasteiger partial charge on any atom is 0.413 e. The number of carbonyl (C=O) groups excluding carboxylic acids is 2. The number of nitro benzene ring substituents is 1. The summed E-state index contributed by atoms with van der Waals surface area (Å²) in [6.07, 6.45) is -0.756. The molecule has 0 spiro atoms. The van der Waals surface area contributed by atoms with E-state index in [2.05, 4.69) is 10.6 Å². The monoisotopic (exact) mass is 418 g/mol. The van der Waals surface area contributed by atoms with Crippen LogP contribution < -0.4 is 10.6 Å². The number of benzene rings is 2. The first-order valence-electron chi connectivity index (χ1n) is 8.40. The van der Waals surface area contributed by atoms with E-state index in [1.807, 2.05) is 0 Å². The quantitative estimate of drug-likeness (QED) is 0.293. The van der Waals surface area contributed by atoms with Gasteiger partial charge in [-0.2, -0.15) is 0 Å². The zero-order valence-corrected chi connectivity index (χ0v) is 16.7. The Labute approximate surface area is 171 Å². The lowest BCUT2D eigenvalue weighted by Gasteiger charge is -2.19. The number of nitrogens with one attached hydrogen (secondary N) is 3. The van der Waals surface area contributed by atoms with Gasteiger partial charge in [0.1, 0.15) is 17.0 Å². The Kier molecular flexibility index (Phi) is 6.55. The summed E-state index contributed by atoms with van der Waals surface area (Å²) >= 11 is 5.83. The lowest BCUT2D eigenvalue weighted by atomic mass is 10.1. The van der Waals surface area contributed by atoms with Crippen molar-refractivity contribution >= 4 is 40.8 Å². The molecule has 0 radical (unpaired) electrons. The molecule has 0 saturated carbocycles. The number of rotatable bonds is 4. The Morgan fingerprint density at radius 2 is 1.76 bits per heavy atom. The second-order valence-electron chi connectivity index (χ2n) is 6.95. The van der Waals surface area contributed by atoms with Crippen molar-refractivity contribution in [2.45, 2.75) is 26.4 Å². The van der Waals surface area contributed by atoms with Crippen molar-refractivity contribution in [3.05, 3.63) is 68.7 Å². The molecule has 0 fully saturated rings. The molecule has 2 aromatic carbocycles. The number of nitro groups is 1. The highest BCUT2D eigenvalue weighted by molar-refractivity contribution is 6.31. The van der Waals surface area contributed by atoms with Crippen LogP contribution in [0, 0.1) is 15.5 Å². The number of amides is 2. The molecule has 2 aromatic rings. The average Bonchev–Trinajstić information content (AvgIpc) is 2.60. The van der Waals surface area contributed by atoms with Crippen LogP contribution in [0.25, 0.3) is 0 Å². The van der Waals surface area contributed by atoms with Crippen molar-refractivity contribution < 1.29 is 19.2 Å². The van der Waals surface area contributed by atoms with Crippen molar-refractivity contribution in [1.82, 2.24) is 5.32 Å². The predicted octanol–water partition coefficient (Wildman–Crippen LogP) is 4.35. The largest absolute Gasteiger partial charge is 0.444 e. The summed E-state index contributed by atoms with van der Waals surface area (Å²) in [5.41, 5.74) is -0.514. The third kappa shape index (κ3) is 6.28. The van der Waals surface area contributed by atoms with E-state index in [0.29, 0.717) is 11.3 Å². The van der Waals surface area contributed by atoms with Crippen LogP contribution in [0.4, 0.5) is 16.2 Å². The first kappa shape index (κ1) is 21.8. The molecule has 10 heteroatoms. The summed E-state index contributed by atoms with van der Waals surface area (Å²) < 4.78 is 5.08. The normalized spacial score (nSPS) is 10.8. The van der Waals surface area contributed by atoms with Gasteiger partial charge in [-0.3, -0.25) is 25.6 Å². The molecule has 9 nitrogen and oxygen atoms in total. The van der Waals surface area contributed by atoms with E-state index in [4.69, 9.17) is 21.7 Å². The highest BCUT2D eigenvalue weighted by Crippen LogP contribution is 2.24. The molecule has 0 bridgehead atoms. The molecule has 152 valence electrons. The Morgan fingerprint density at radius 3 is 2.31 bits per heavy atom. The topological polar surface area (TPSA) is 134 Å². The summed E-state index contributed by atoms with van der Waals surface area (Å²) in [5.74, 6) is -0.878. The molecule has 0 saturated heterocycles. The van der Waals surface area contributed by atoms with Crippen LogP contribution in [0.15, 0.2) is 42.5 Å². The number of alkyl carbamates (subject to hydrolysis) is 1. The SMILES string of the molecule is CC(C)(C)OC(=O)NC(=N)c1ccc(NC(=O)c2cc(Cl)ccc2[N+](=O)[O-])cc1. The number of amidine groups is 1. The predicted molar refractivity (Wildman–Crippen MR) is 109 cm³/mol. The average molecular weight is 419 g/mol. The van der Waals surface area contributed by atoms with E-state index in [0.717, 1.165) is 6.07 Å². The number of halogens is 1. The van der Waals surface area contributed by atoms with Crippen LogP contribution in [0.1, 0.15) is 36.7 Å². The number of carbonyl (C=O) groups is 2. The molecular formula is C19H19ClN4O5. The Balaban J connectivity index is 2.09. The van der Waals surface area contributed by atoms with Gasteiger partial charge in [0.2, 0.25) is 0 Å². The van der Waals surface area contributed by atoms with E-state index in [9.17, 15) is 19.7 Å². The summed E-state index contributed by atoms with van der Waals surface area (Å²) in [6, 6.07) is 9.69. The summed E-state index contributed by atoms with van der Waals surface area (Å²) in [6.45, 7) is 5.12. The molecule has 0 aromatic heterocycles. The van der Waals surface area contributed by atoms with Crippen LogP contribution in [0.2, 0.25) is 5.02 Å². The zero-order valence-electron chi connectivity index (χ0n) is 15.9. The zero-order chi connectivity index (χ0) is 21.8. The minimum atomic E-state index is -0.756.